The van der Waals surface area contributed by atoms with Crippen molar-refractivity contribution in [3.8, 4) is 0 Å². The molecule has 0 amide bonds. The van der Waals surface area contributed by atoms with Crippen LogP contribution in [0.4, 0.5) is 0 Å². The van der Waals surface area contributed by atoms with Crippen molar-refractivity contribution in [2.45, 2.75) is 89.6 Å². The smallest absolute Gasteiger partial charge is 0.0136 e. The summed E-state index contributed by atoms with van der Waals surface area (Å²) in [5.41, 5.74) is 0.761. The second-order valence-corrected chi connectivity index (χ2v) is 12.9. The highest BCUT2D eigenvalue weighted by atomic mass is 31.1. The third-order valence-electron chi connectivity index (χ3n) is 4.45. The molecule has 0 aromatic heterocycles. The van der Waals surface area contributed by atoms with E-state index in [1.807, 2.05) is 0 Å². The average Bonchev–Trinajstić information content (AvgIpc) is 2.56. The lowest BCUT2D eigenvalue weighted by atomic mass is 9.84. The van der Waals surface area contributed by atoms with Gasteiger partial charge in [0.2, 0.25) is 0 Å². The van der Waals surface area contributed by atoms with Gasteiger partial charge in [0.25, 0.3) is 0 Å². The Morgan fingerprint density at radius 3 is 1.44 bits per heavy atom. The minimum absolute atomic E-state index is 0.0822. The molecule has 0 nitrogen and oxygen atoms in total. The lowest BCUT2D eigenvalue weighted by Crippen LogP contribution is -2.45. The van der Waals surface area contributed by atoms with Crippen LogP contribution in [0, 0.1) is 5.41 Å². The van der Waals surface area contributed by atoms with Gasteiger partial charge in [0.05, 0.1) is 0 Å². The number of hydrogen-bond acceptors (Lipinski definition) is 0. The Balaban J connectivity index is 2.35. The quantitative estimate of drug-likeness (QED) is 0.497. The van der Waals surface area contributed by atoms with Gasteiger partial charge in [-0.05, 0) is 46.6 Å². The van der Waals surface area contributed by atoms with Crippen molar-refractivity contribution in [1.82, 2.24) is 0 Å². The van der Waals surface area contributed by atoms with E-state index in [0.717, 1.165) is 5.41 Å². The Bertz CT molecular complexity index is 269. The van der Waals surface area contributed by atoms with Gasteiger partial charge in [-0.25, -0.2) is 0 Å². The van der Waals surface area contributed by atoms with E-state index in [1.165, 1.54) is 25.7 Å². The molecule has 16 heavy (non-hydrogen) atoms. The highest BCUT2D eigenvalue weighted by Gasteiger charge is 2.60. The van der Waals surface area contributed by atoms with Crippen LogP contribution in [0.15, 0.2) is 0 Å². The molecule has 1 saturated carbocycles. The topological polar surface area (TPSA) is 0 Å². The molecule has 2 rings (SSSR count). The second kappa shape index (κ2) is 3.25. The van der Waals surface area contributed by atoms with E-state index < -0.39 is 0 Å². The predicted octanol–water partition coefficient (Wildman–Crippen LogP) is 5.40. The van der Waals surface area contributed by atoms with Crippen LogP contribution in [0.3, 0.4) is 0 Å². The van der Waals surface area contributed by atoms with Gasteiger partial charge in [0.15, 0.2) is 0 Å². The fourth-order valence-electron chi connectivity index (χ4n) is 5.22. The van der Waals surface area contributed by atoms with Crippen LogP contribution in [0.25, 0.3) is 0 Å². The van der Waals surface area contributed by atoms with Crippen molar-refractivity contribution < 1.29 is 0 Å². The molecule has 2 aliphatic rings. The van der Waals surface area contributed by atoms with Crippen molar-refractivity contribution in [1.29, 1.82) is 0 Å². The van der Waals surface area contributed by atoms with Gasteiger partial charge in [-0.15, -0.1) is 0 Å². The zero-order chi connectivity index (χ0) is 12.4. The maximum absolute atomic E-state index is 2.55. The minimum atomic E-state index is 0.0822. The summed E-state index contributed by atoms with van der Waals surface area (Å²) in [5.74, 6) is 0. The van der Waals surface area contributed by atoms with Crippen molar-refractivity contribution in [2.24, 2.45) is 5.41 Å². The van der Waals surface area contributed by atoms with Gasteiger partial charge < -0.3 is 0 Å². The van der Waals surface area contributed by atoms with E-state index in [2.05, 4.69) is 48.5 Å². The Morgan fingerprint density at radius 1 is 0.812 bits per heavy atom. The van der Waals surface area contributed by atoms with Crippen LogP contribution in [0.5, 0.6) is 0 Å². The summed E-state index contributed by atoms with van der Waals surface area (Å²) in [6.45, 7) is 17.6. The van der Waals surface area contributed by atoms with E-state index in [0.29, 0.717) is 15.5 Å². The Hall–Kier alpha value is 0.430. The van der Waals surface area contributed by atoms with Crippen molar-refractivity contribution in [3.63, 3.8) is 0 Å². The maximum Gasteiger partial charge on any atom is -0.0136 e. The molecule has 1 heterocycles. The first-order valence-electron chi connectivity index (χ1n) is 6.79. The molecule has 1 saturated heterocycles. The summed E-state index contributed by atoms with van der Waals surface area (Å²) in [7, 11) is 0.0822. The minimum Gasteiger partial charge on any atom is -0.0895 e. The molecule has 94 valence electrons. The van der Waals surface area contributed by atoms with E-state index in [4.69, 9.17) is 0 Å². The molecular weight excluding hydrogens is 211 g/mol. The zero-order valence-electron chi connectivity index (χ0n) is 12.3. The average molecular weight is 240 g/mol. The van der Waals surface area contributed by atoms with Crippen molar-refractivity contribution in [2.75, 3.05) is 0 Å². The molecule has 0 radical (unpaired) electrons. The first kappa shape index (κ1) is 12.9. The molecule has 0 atom stereocenters. The first-order valence-corrected chi connectivity index (χ1v) is 8.13. The van der Waals surface area contributed by atoms with E-state index in [9.17, 15) is 0 Å². The van der Waals surface area contributed by atoms with Crippen LogP contribution in [-0.4, -0.2) is 15.5 Å². The predicted molar refractivity (Wildman–Crippen MR) is 75.7 cm³/mol. The summed E-state index contributed by atoms with van der Waals surface area (Å²) in [5, 5.41) is 1.65. The van der Waals surface area contributed by atoms with Crippen LogP contribution < -0.4 is 0 Å². The van der Waals surface area contributed by atoms with Gasteiger partial charge in [0, 0.05) is 0 Å². The van der Waals surface area contributed by atoms with Gasteiger partial charge in [-0.2, -0.15) is 0 Å². The van der Waals surface area contributed by atoms with E-state index >= 15 is 0 Å². The second-order valence-electron chi connectivity index (χ2n) is 8.48. The van der Waals surface area contributed by atoms with Gasteiger partial charge >= 0.3 is 0 Å². The van der Waals surface area contributed by atoms with Crippen LogP contribution >= 0.6 is 7.92 Å². The maximum atomic E-state index is 2.55. The molecule has 0 aromatic rings. The third-order valence-corrected chi connectivity index (χ3v) is 8.53. The number of rotatable bonds is 0. The van der Waals surface area contributed by atoms with E-state index in [1.54, 1.807) is 0 Å². The molecule has 0 bridgehead atoms. The molecule has 2 fully saturated rings. The summed E-state index contributed by atoms with van der Waals surface area (Å²) >= 11 is 0. The third kappa shape index (κ3) is 2.07. The molecular formula is C15H29P. The summed E-state index contributed by atoms with van der Waals surface area (Å²) in [6, 6.07) is 0. The van der Waals surface area contributed by atoms with Crippen LogP contribution in [0.2, 0.25) is 0 Å². The summed E-state index contributed by atoms with van der Waals surface area (Å²) < 4.78 is 0. The largest absolute Gasteiger partial charge is 0.0895 e. The summed E-state index contributed by atoms with van der Waals surface area (Å²) in [4.78, 5) is 0. The lowest BCUT2D eigenvalue weighted by molar-refractivity contribution is 0.309. The molecule has 0 unspecified atom stereocenters. The van der Waals surface area contributed by atoms with Gasteiger partial charge in [-0.1, -0.05) is 56.4 Å². The monoisotopic (exact) mass is 240 g/mol. The van der Waals surface area contributed by atoms with E-state index in [-0.39, 0.29) is 7.92 Å². The van der Waals surface area contributed by atoms with Crippen molar-refractivity contribution >= 4 is 7.92 Å². The highest BCUT2D eigenvalue weighted by Crippen LogP contribution is 2.78. The molecule has 1 aliphatic heterocycles. The fraction of sp³-hybridized carbons (Fsp3) is 1.00. The Labute approximate surface area is 103 Å². The Morgan fingerprint density at radius 2 is 1.19 bits per heavy atom. The normalized spacial score (nSPS) is 31.7. The molecule has 1 heteroatoms. The first-order chi connectivity index (χ1) is 6.99. The Kier molecular flexibility index (Phi) is 2.62. The zero-order valence-corrected chi connectivity index (χ0v) is 13.2. The summed E-state index contributed by atoms with van der Waals surface area (Å²) in [6.07, 6.45) is 6.00. The van der Waals surface area contributed by atoms with Gasteiger partial charge in [-0.3, -0.25) is 0 Å². The van der Waals surface area contributed by atoms with Crippen molar-refractivity contribution in [3.05, 3.63) is 0 Å². The fourth-order valence-corrected chi connectivity index (χ4v) is 11.5. The van der Waals surface area contributed by atoms with Gasteiger partial charge in [0.1, 0.15) is 0 Å². The standard InChI is InChI=1S/C15H29P/c1-12(2,3)16-13(4,5)10-15(8-9-15)11-14(16,6)7/h8-11H2,1-7H3. The highest BCUT2D eigenvalue weighted by molar-refractivity contribution is 7.62. The SMILES string of the molecule is CC(C)(C)P1C(C)(C)CC2(CC2)CC1(C)C. The molecule has 0 aromatic carbocycles. The molecule has 1 aliphatic carbocycles. The molecule has 1 spiro atoms. The van der Waals surface area contributed by atoms with Crippen LogP contribution in [-0.2, 0) is 0 Å². The lowest BCUT2D eigenvalue weighted by Gasteiger charge is -2.58. The molecule has 0 N–H and O–H groups in total. The van der Waals surface area contributed by atoms with Crippen LogP contribution in [0.1, 0.15) is 74.1 Å². The number of hydrogen-bond donors (Lipinski definition) is 0.